The van der Waals surface area contributed by atoms with Crippen molar-refractivity contribution in [2.24, 2.45) is 5.73 Å². The lowest BCUT2D eigenvalue weighted by Gasteiger charge is -2.07. The monoisotopic (exact) mass is 256 g/mol. The summed E-state index contributed by atoms with van der Waals surface area (Å²) in [5.74, 6) is -0.427. The maximum atomic E-state index is 12.5. The summed E-state index contributed by atoms with van der Waals surface area (Å²) in [5, 5.41) is 14.0. The summed E-state index contributed by atoms with van der Waals surface area (Å²) in [6.45, 7) is 0. The zero-order valence-electron chi connectivity index (χ0n) is 8.82. The molecule has 0 radical (unpaired) electrons. The number of alkyl halides is 3. The minimum Gasteiger partial charge on any atom is -0.382 e. The van der Waals surface area contributed by atoms with Crippen LogP contribution in [0.4, 0.5) is 13.2 Å². The molecule has 0 saturated carbocycles. The van der Waals surface area contributed by atoms with Crippen LogP contribution < -0.4 is 5.73 Å². The molecule has 0 spiro atoms. The van der Waals surface area contributed by atoms with E-state index in [1.54, 1.807) is 0 Å². The van der Waals surface area contributed by atoms with E-state index in [0.29, 0.717) is 0 Å². The normalized spacial score (nSPS) is 11.5. The van der Waals surface area contributed by atoms with Gasteiger partial charge in [-0.2, -0.15) is 13.2 Å². The molecule has 5 nitrogen and oxygen atoms in total. The average Bonchev–Trinajstić information content (AvgIpc) is 2.77. The fourth-order valence-corrected chi connectivity index (χ4v) is 1.40. The third-order valence-electron chi connectivity index (χ3n) is 2.21. The van der Waals surface area contributed by atoms with Crippen LogP contribution in [0.5, 0.6) is 0 Å². The van der Waals surface area contributed by atoms with Gasteiger partial charge in [0.1, 0.15) is 11.5 Å². The number of nitrogen functional groups attached to an aromatic ring is 1. The number of benzene rings is 1. The van der Waals surface area contributed by atoms with Crippen LogP contribution in [0.2, 0.25) is 0 Å². The number of nitrogens with one attached hydrogen (secondary N) is 1. The maximum Gasteiger partial charge on any atom is 0.416 e. The van der Waals surface area contributed by atoms with Crippen molar-refractivity contribution < 1.29 is 17.8 Å². The third kappa shape index (κ3) is 2.17. The second-order valence-corrected chi connectivity index (χ2v) is 3.45. The van der Waals surface area contributed by atoms with Gasteiger partial charge < -0.3 is 5.73 Å². The van der Waals surface area contributed by atoms with Crippen molar-refractivity contribution in [1.29, 1.82) is 5.41 Å². The Bertz CT molecular complexity index is 591. The van der Waals surface area contributed by atoms with Gasteiger partial charge in [-0.15, -0.1) is 0 Å². The summed E-state index contributed by atoms with van der Waals surface area (Å²) in [7, 11) is 0. The Kier molecular flexibility index (Phi) is 2.77. The van der Waals surface area contributed by atoms with E-state index in [1.165, 1.54) is 12.1 Å². The van der Waals surface area contributed by atoms with E-state index in [0.717, 1.165) is 12.1 Å². The van der Waals surface area contributed by atoms with E-state index < -0.39 is 17.6 Å². The van der Waals surface area contributed by atoms with Crippen LogP contribution in [0, 0.1) is 5.41 Å². The Balaban J connectivity index is 2.52. The van der Waals surface area contributed by atoms with E-state index in [1.807, 2.05) is 0 Å². The summed E-state index contributed by atoms with van der Waals surface area (Å²) in [6.07, 6.45) is -4.45. The highest BCUT2D eigenvalue weighted by Crippen LogP contribution is 2.32. The molecule has 0 unspecified atom stereocenters. The molecule has 0 atom stereocenters. The summed E-state index contributed by atoms with van der Waals surface area (Å²) < 4.78 is 42.0. The molecule has 0 bridgehead atoms. The molecule has 2 aromatic rings. The minimum absolute atomic E-state index is 0.00796. The molecule has 0 fully saturated rings. The van der Waals surface area contributed by atoms with Gasteiger partial charge >= 0.3 is 6.18 Å². The lowest BCUT2D eigenvalue weighted by Crippen LogP contribution is -2.13. The van der Waals surface area contributed by atoms with Gasteiger partial charge in [0.25, 0.3) is 0 Å². The van der Waals surface area contributed by atoms with E-state index >= 15 is 0 Å². The summed E-state index contributed by atoms with van der Waals surface area (Å²) in [4.78, 5) is 0. The van der Waals surface area contributed by atoms with Crippen molar-refractivity contribution in [3.8, 4) is 11.3 Å². The Hall–Kier alpha value is -2.38. The van der Waals surface area contributed by atoms with Crippen LogP contribution in [0.3, 0.4) is 0 Å². The zero-order valence-corrected chi connectivity index (χ0v) is 8.82. The van der Waals surface area contributed by atoms with E-state index in [-0.39, 0.29) is 17.0 Å². The number of halogens is 3. The second kappa shape index (κ2) is 4.13. The topological polar surface area (TPSA) is 88.8 Å². The molecular formula is C10H7F3N4O. The lowest BCUT2D eigenvalue weighted by atomic mass is 10.1. The molecule has 2 rings (SSSR count). The van der Waals surface area contributed by atoms with Crippen molar-refractivity contribution in [3.63, 3.8) is 0 Å². The van der Waals surface area contributed by atoms with Crippen molar-refractivity contribution in [2.45, 2.75) is 6.18 Å². The van der Waals surface area contributed by atoms with Gasteiger partial charge in [0.15, 0.2) is 5.69 Å². The van der Waals surface area contributed by atoms with E-state index in [9.17, 15) is 13.2 Å². The maximum absolute atomic E-state index is 12.5. The molecule has 94 valence electrons. The van der Waals surface area contributed by atoms with Crippen LogP contribution in [-0.4, -0.2) is 16.1 Å². The van der Waals surface area contributed by atoms with E-state index in [2.05, 4.69) is 14.9 Å². The molecule has 0 amide bonds. The Morgan fingerprint density at radius 2 is 2.00 bits per heavy atom. The van der Waals surface area contributed by atoms with Crippen LogP contribution >= 0.6 is 0 Å². The van der Waals surface area contributed by atoms with Crippen LogP contribution in [0.25, 0.3) is 11.3 Å². The van der Waals surface area contributed by atoms with Gasteiger partial charge in [-0.1, -0.05) is 12.1 Å². The molecule has 1 aromatic heterocycles. The van der Waals surface area contributed by atoms with E-state index in [4.69, 9.17) is 11.1 Å². The number of rotatable bonds is 2. The Labute approximate surface area is 98.9 Å². The smallest absolute Gasteiger partial charge is 0.382 e. The van der Waals surface area contributed by atoms with Crippen molar-refractivity contribution in [2.75, 3.05) is 0 Å². The number of aromatic nitrogens is 2. The van der Waals surface area contributed by atoms with Crippen LogP contribution in [-0.2, 0) is 6.18 Å². The first-order chi connectivity index (χ1) is 8.39. The molecule has 0 saturated heterocycles. The standard InChI is InChI=1S/C10H7F3N4O/c11-10(12,13)6-3-1-2-5(4-6)7-8(9(14)15)17-18-16-7/h1-4H,(H3,14,15). The van der Waals surface area contributed by atoms with Gasteiger partial charge in [-0.25, -0.2) is 4.63 Å². The molecule has 1 heterocycles. The van der Waals surface area contributed by atoms with Gasteiger partial charge in [0.05, 0.1) is 5.56 Å². The Morgan fingerprint density at radius 3 is 2.61 bits per heavy atom. The third-order valence-corrected chi connectivity index (χ3v) is 2.21. The number of nitrogens with two attached hydrogens (primary N) is 1. The number of amidine groups is 1. The first-order valence-electron chi connectivity index (χ1n) is 4.74. The first kappa shape index (κ1) is 12.1. The molecule has 0 aliphatic rings. The van der Waals surface area contributed by atoms with Gasteiger partial charge in [-0.05, 0) is 22.4 Å². The zero-order chi connectivity index (χ0) is 13.3. The summed E-state index contributed by atoms with van der Waals surface area (Å²) in [6, 6.07) is 4.47. The fraction of sp³-hybridized carbons (Fsp3) is 0.100. The highest BCUT2D eigenvalue weighted by molar-refractivity contribution is 5.98. The largest absolute Gasteiger partial charge is 0.416 e. The minimum atomic E-state index is -4.45. The molecule has 0 aliphatic heterocycles. The lowest BCUT2D eigenvalue weighted by molar-refractivity contribution is -0.137. The number of hydrogen-bond acceptors (Lipinski definition) is 4. The number of hydrogen-bond donors (Lipinski definition) is 2. The van der Waals surface area contributed by atoms with Gasteiger partial charge in [0, 0.05) is 5.56 Å². The predicted molar refractivity (Wildman–Crippen MR) is 55.8 cm³/mol. The van der Waals surface area contributed by atoms with Crippen LogP contribution in [0.1, 0.15) is 11.3 Å². The quantitative estimate of drug-likeness (QED) is 0.635. The molecule has 3 N–H and O–H groups in total. The van der Waals surface area contributed by atoms with Gasteiger partial charge in [-0.3, -0.25) is 5.41 Å². The van der Waals surface area contributed by atoms with Crippen molar-refractivity contribution in [1.82, 2.24) is 10.3 Å². The molecule has 0 aliphatic carbocycles. The molecule has 18 heavy (non-hydrogen) atoms. The fourth-order valence-electron chi connectivity index (χ4n) is 1.40. The molecule has 8 heteroatoms. The highest BCUT2D eigenvalue weighted by atomic mass is 19.4. The molecule has 1 aromatic carbocycles. The van der Waals surface area contributed by atoms with Crippen molar-refractivity contribution in [3.05, 3.63) is 35.5 Å². The first-order valence-corrected chi connectivity index (χ1v) is 4.74. The summed E-state index contributed by atoms with van der Waals surface area (Å²) in [5.41, 5.74) is 4.45. The number of nitrogens with zero attached hydrogens (tertiary/aromatic N) is 2. The van der Waals surface area contributed by atoms with Crippen molar-refractivity contribution >= 4 is 5.84 Å². The Morgan fingerprint density at radius 1 is 1.28 bits per heavy atom. The second-order valence-electron chi connectivity index (χ2n) is 3.45. The summed E-state index contributed by atoms with van der Waals surface area (Å²) >= 11 is 0. The SMILES string of the molecule is N=C(N)c1nonc1-c1cccc(C(F)(F)F)c1. The van der Waals surface area contributed by atoms with Crippen LogP contribution in [0.15, 0.2) is 28.9 Å². The molecular weight excluding hydrogens is 249 g/mol. The predicted octanol–water partition coefficient (Wildman–Crippen LogP) is 2.04. The highest BCUT2D eigenvalue weighted by Gasteiger charge is 2.31. The average molecular weight is 256 g/mol. The van der Waals surface area contributed by atoms with Gasteiger partial charge in [0.2, 0.25) is 0 Å².